The number of benzene rings is 1. The van der Waals surface area contributed by atoms with E-state index in [0.29, 0.717) is 11.8 Å². The van der Waals surface area contributed by atoms with Crippen LogP contribution in [0.25, 0.3) is 0 Å². The number of nitrogens with one attached hydrogen (secondary N) is 1. The topological polar surface area (TPSA) is 55.1 Å². The summed E-state index contributed by atoms with van der Waals surface area (Å²) in [6.07, 6.45) is 2.21. The van der Waals surface area contributed by atoms with E-state index in [4.69, 9.17) is 5.73 Å². The van der Waals surface area contributed by atoms with Gasteiger partial charge in [0.25, 0.3) is 0 Å². The molecule has 0 aromatic heterocycles. The molecule has 92 valence electrons. The van der Waals surface area contributed by atoms with E-state index in [1.54, 1.807) is 6.07 Å². The number of nitrogens with two attached hydrogens (primary N) is 1. The fourth-order valence-electron chi connectivity index (χ4n) is 1.48. The maximum absolute atomic E-state index is 12.9. The highest BCUT2D eigenvalue weighted by molar-refractivity contribution is 7.99. The number of primary amides is 1. The molecule has 1 unspecified atom stereocenters. The molecule has 1 atom stereocenters. The summed E-state index contributed by atoms with van der Waals surface area (Å²) in [6, 6.07) is 6.43. The summed E-state index contributed by atoms with van der Waals surface area (Å²) < 4.78 is 12.9. The molecule has 0 spiro atoms. The van der Waals surface area contributed by atoms with Crippen molar-refractivity contribution < 1.29 is 9.18 Å². The zero-order chi connectivity index (χ0) is 12.3. The third-order valence-corrected chi connectivity index (χ3v) is 3.66. The first kappa shape index (κ1) is 12.4. The van der Waals surface area contributed by atoms with Crippen LogP contribution < -0.4 is 11.1 Å². The molecule has 1 aliphatic carbocycles. The average molecular weight is 254 g/mol. The Balaban J connectivity index is 1.87. The third kappa shape index (κ3) is 4.02. The first-order chi connectivity index (χ1) is 8.15. The van der Waals surface area contributed by atoms with Gasteiger partial charge >= 0.3 is 0 Å². The molecule has 0 radical (unpaired) electrons. The highest BCUT2D eigenvalue weighted by Crippen LogP contribution is 2.23. The van der Waals surface area contributed by atoms with Crippen LogP contribution in [0.15, 0.2) is 29.2 Å². The van der Waals surface area contributed by atoms with Crippen molar-refractivity contribution >= 4 is 17.7 Å². The number of thioether (sulfide) groups is 1. The molecule has 0 heterocycles. The summed E-state index contributed by atoms with van der Waals surface area (Å²) in [7, 11) is 0. The van der Waals surface area contributed by atoms with Crippen molar-refractivity contribution in [3.63, 3.8) is 0 Å². The van der Waals surface area contributed by atoms with Crippen LogP contribution in [0.1, 0.15) is 12.8 Å². The fraction of sp³-hybridized carbons (Fsp3) is 0.417. The summed E-state index contributed by atoms with van der Waals surface area (Å²) in [4.78, 5) is 12.0. The van der Waals surface area contributed by atoms with Crippen LogP contribution in [0.3, 0.4) is 0 Å². The Kier molecular flexibility index (Phi) is 4.02. The number of amides is 1. The van der Waals surface area contributed by atoms with Gasteiger partial charge in [0, 0.05) is 16.7 Å². The van der Waals surface area contributed by atoms with Crippen molar-refractivity contribution in [3.8, 4) is 0 Å². The summed E-state index contributed by atoms with van der Waals surface area (Å²) in [6.45, 7) is 0. The first-order valence-corrected chi connectivity index (χ1v) is 6.57. The number of hydrogen-bond donors (Lipinski definition) is 2. The molecule has 3 nitrogen and oxygen atoms in total. The van der Waals surface area contributed by atoms with E-state index in [1.807, 2.05) is 6.07 Å². The van der Waals surface area contributed by atoms with Gasteiger partial charge in [-0.25, -0.2) is 4.39 Å². The minimum absolute atomic E-state index is 0.263. The predicted octanol–water partition coefficient (Wildman–Crippen LogP) is 1.52. The summed E-state index contributed by atoms with van der Waals surface area (Å²) >= 11 is 1.44. The molecule has 2 rings (SSSR count). The predicted molar refractivity (Wildman–Crippen MR) is 66.3 cm³/mol. The molecule has 1 amide bonds. The van der Waals surface area contributed by atoms with Crippen molar-refractivity contribution in [2.24, 2.45) is 5.73 Å². The Morgan fingerprint density at radius 3 is 2.94 bits per heavy atom. The Hall–Kier alpha value is -1.07. The minimum atomic E-state index is -0.346. The monoisotopic (exact) mass is 254 g/mol. The van der Waals surface area contributed by atoms with Gasteiger partial charge in [-0.1, -0.05) is 6.07 Å². The number of carbonyl (C=O) groups excluding carboxylic acids is 1. The van der Waals surface area contributed by atoms with Gasteiger partial charge in [0.15, 0.2) is 0 Å². The second-order valence-electron chi connectivity index (χ2n) is 4.16. The van der Waals surface area contributed by atoms with Gasteiger partial charge in [-0.15, -0.1) is 11.8 Å². The van der Waals surface area contributed by atoms with Crippen LogP contribution in [0, 0.1) is 5.82 Å². The molecule has 1 aromatic carbocycles. The molecule has 1 fully saturated rings. The molecular formula is C12H15FN2OS. The van der Waals surface area contributed by atoms with Crippen molar-refractivity contribution in [1.29, 1.82) is 0 Å². The van der Waals surface area contributed by atoms with Crippen molar-refractivity contribution in [3.05, 3.63) is 30.1 Å². The van der Waals surface area contributed by atoms with E-state index in [0.717, 1.165) is 17.7 Å². The van der Waals surface area contributed by atoms with E-state index < -0.39 is 0 Å². The van der Waals surface area contributed by atoms with Gasteiger partial charge in [0.1, 0.15) is 5.82 Å². The summed E-state index contributed by atoms with van der Waals surface area (Å²) in [5, 5.41) is 3.19. The number of rotatable bonds is 6. The lowest BCUT2D eigenvalue weighted by molar-refractivity contribution is -0.119. The lowest BCUT2D eigenvalue weighted by atomic mass is 10.3. The first-order valence-electron chi connectivity index (χ1n) is 5.59. The highest BCUT2D eigenvalue weighted by atomic mass is 32.2. The van der Waals surface area contributed by atoms with Gasteiger partial charge in [0.2, 0.25) is 5.91 Å². The maximum atomic E-state index is 12.9. The van der Waals surface area contributed by atoms with Crippen LogP contribution in [0.2, 0.25) is 0 Å². The molecule has 3 N–H and O–H groups in total. The Morgan fingerprint density at radius 2 is 2.35 bits per heavy atom. The molecule has 0 aliphatic heterocycles. The summed E-state index contributed by atoms with van der Waals surface area (Å²) in [5.74, 6) is -0.0727. The van der Waals surface area contributed by atoms with Gasteiger partial charge < -0.3 is 11.1 Å². The van der Waals surface area contributed by atoms with Crippen LogP contribution in [-0.4, -0.2) is 23.7 Å². The molecular weight excluding hydrogens is 239 g/mol. The van der Waals surface area contributed by atoms with E-state index in [2.05, 4.69) is 5.32 Å². The molecule has 1 aromatic rings. The van der Waals surface area contributed by atoms with Crippen molar-refractivity contribution in [2.75, 3.05) is 5.75 Å². The van der Waals surface area contributed by atoms with Gasteiger partial charge in [-0.3, -0.25) is 4.79 Å². The molecule has 1 aliphatic rings. The molecule has 1 saturated carbocycles. The Morgan fingerprint density at radius 1 is 1.59 bits per heavy atom. The van der Waals surface area contributed by atoms with Crippen molar-refractivity contribution in [2.45, 2.75) is 29.8 Å². The van der Waals surface area contributed by atoms with Crippen LogP contribution >= 0.6 is 11.8 Å². The van der Waals surface area contributed by atoms with Crippen LogP contribution in [0.5, 0.6) is 0 Å². The normalized spacial score (nSPS) is 16.8. The third-order valence-electron chi connectivity index (χ3n) is 2.57. The zero-order valence-electron chi connectivity index (χ0n) is 9.36. The SMILES string of the molecule is NC(=O)C(CSc1cccc(F)c1)NC1CC1. The van der Waals surface area contributed by atoms with Gasteiger partial charge in [-0.05, 0) is 31.0 Å². The summed E-state index contributed by atoms with van der Waals surface area (Å²) in [5.41, 5.74) is 5.32. The van der Waals surface area contributed by atoms with Crippen molar-refractivity contribution in [1.82, 2.24) is 5.32 Å². The Labute approximate surface area is 104 Å². The largest absolute Gasteiger partial charge is 0.368 e. The van der Waals surface area contributed by atoms with Gasteiger partial charge in [-0.2, -0.15) is 0 Å². The van der Waals surface area contributed by atoms with E-state index in [-0.39, 0.29) is 17.8 Å². The maximum Gasteiger partial charge on any atom is 0.235 e. The molecule has 0 bridgehead atoms. The number of carbonyl (C=O) groups is 1. The Bertz CT molecular complexity index is 409. The zero-order valence-corrected chi connectivity index (χ0v) is 10.2. The second-order valence-corrected chi connectivity index (χ2v) is 5.26. The van der Waals surface area contributed by atoms with E-state index in [9.17, 15) is 9.18 Å². The van der Waals surface area contributed by atoms with Gasteiger partial charge in [0.05, 0.1) is 6.04 Å². The average Bonchev–Trinajstić information content (AvgIpc) is 3.07. The highest BCUT2D eigenvalue weighted by Gasteiger charge is 2.27. The number of halogens is 1. The molecule has 5 heteroatoms. The van der Waals surface area contributed by atoms with Crippen LogP contribution in [-0.2, 0) is 4.79 Å². The lowest BCUT2D eigenvalue weighted by Gasteiger charge is -2.14. The quantitative estimate of drug-likeness (QED) is 0.757. The smallest absolute Gasteiger partial charge is 0.235 e. The minimum Gasteiger partial charge on any atom is -0.368 e. The van der Waals surface area contributed by atoms with Crippen LogP contribution in [0.4, 0.5) is 4.39 Å². The van der Waals surface area contributed by atoms with E-state index in [1.165, 1.54) is 23.9 Å². The lowest BCUT2D eigenvalue weighted by Crippen LogP contribution is -2.44. The standard InChI is InChI=1S/C12H15FN2OS/c13-8-2-1-3-10(6-8)17-7-11(12(14)16)15-9-4-5-9/h1-3,6,9,11,15H,4-5,7H2,(H2,14,16). The molecule has 17 heavy (non-hydrogen) atoms. The second kappa shape index (κ2) is 5.51. The number of hydrogen-bond acceptors (Lipinski definition) is 3. The fourth-order valence-corrected chi connectivity index (χ4v) is 2.47. The van der Waals surface area contributed by atoms with E-state index >= 15 is 0 Å². The molecule has 0 saturated heterocycles.